The Labute approximate surface area is 150 Å². The quantitative estimate of drug-likeness (QED) is 0.743. The Kier molecular flexibility index (Phi) is 6.21. The highest BCUT2D eigenvalue weighted by molar-refractivity contribution is 7.80. The van der Waals surface area contributed by atoms with Crippen molar-refractivity contribution >= 4 is 23.0 Å². The van der Waals surface area contributed by atoms with E-state index in [4.69, 9.17) is 17.0 Å². The van der Waals surface area contributed by atoms with Gasteiger partial charge in [-0.2, -0.15) is 0 Å². The zero-order valence-corrected chi connectivity index (χ0v) is 15.6. The van der Waals surface area contributed by atoms with Crippen LogP contribution in [0, 0.1) is 0 Å². The van der Waals surface area contributed by atoms with Crippen LogP contribution in [0.25, 0.3) is 0 Å². The molecule has 4 heteroatoms. The van der Waals surface area contributed by atoms with Crippen molar-refractivity contribution in [3.05, 3.63) is 60.2 Å². The molecule has 1 atom stereocenters. The number of hydrogen-bond acceptors (Lipinski definition) is 2. The average molecular weight is 343 g/mol. The lowest BCUT2D eigenvalue weighted by Crippen LogP contribution is -2.39. The molecular weight excluding hydrogens is 316 g/mol. The molecule has 2 aromatic rings. The second kappa shape index (κ2) is 8.15. The van der Waals surface area contributed by atoms with Gasteiger partial charge in [0.05, 0.1) is 7.11 Å². The fraction of sp³-hybridized carbons (Fsp3) is 0.350. The first-order valence-electron chi connectivity index (χ1n) is 8.18. The molecule has 2 N–H and O–H groups in total. The Morgan fingerprint density at radius 2 is 1.71 bits per heavy atom. The van der Waals surface area contributed by atoms with E-state index < -0.39 is 0 Å². The summed E-state index contributed by atoms with van der Waals surface area (Å²) in [4.78, 5) is 0. The predicted molar refractivity (Wildman–Crippen MR) is 106 cm³/mol. The van der Waals surface area contributed by atoms with Gasteiger partial charge in [0.25, 0.3) is 0 Å². The molecule has 0 saturated carbocycles. The van der Waals surface area contributed by atoms with Crippen molar-refractivity contribution in [3.63, 3.8) is 0 Å². The van der Waals surface area contributed by atoms with E-state index in [-0.39, 0.29) is 11.5 Å². The van der Waals surface area contributed by atoms with Gasteiger partial charge in [0.2, 0.25) is 0 Å². The second-order valence-electron chi connectivity index (χ2n) is 6.68. The molecule has 0 aliphatic carbocycles. The standard InChI is InChI=1S/C20H26N2OS/c1-15(14-20(2,3)16-8-6-5-7-9-16)21-19(24)22-17-10-12-18(23-4)13-11-17/h5-13,15H,14H2,1-4H3,(H2,21,22,24). The van der Waals surface area contributed by atoms with Gasteiger partial charge in [-0.3, -0.25) is 0 Å². The molecule has 0 aromatic heterocycles. The third kappa shape index (κ3) is 5.24. The minimum Gasteiger partial charge on any atom is -0.497 e. The molecule has 0 amide bonds. The van der Waals surface area contributed by atoms with E-state index in [9.17, 15) is 0 Å². The van der Waals surface area contributed by atoms with Crippen LogP contribution in [0.3, 0.4) is 0 Å². The van der Waals surface area contributed by atoms with Crippen molar-refractivity contribution in [1.82, 2.24) is 5.32 Å². The Morgan fingerprint density at radius 3 is 2.29 bits per heavy atom. The molecule has 24 heavy (non-hydrogen) atoms. The Morgan fingerprint density at radius 1 is 1.08 bits per heavy atom. The summed E-state index contributed by atoms with van der Waals surface area (Å²) in [6, 6.07) is 18.6. The van der Waals surface area contributed by atoms with E-state index in [0.717, 1.165) is 17.9 Å². The van der Waals surface area contributed by atoms with Crippen LogP contribution in [-0.2, 0) is 5.41 Å². The number of ether oxygens (including phenoxy) is 1. The number of methoxy groups -OCH3 is 1. The lowest BCUT2D eigenvalue weighted by atomic mass is 9.79. The van der Waals surface area contributed by atoms with Gasteiger partial charge in [-0.1, -0.05) is 44.2 Å². The molecule has 0 bridgehead atoms. The Hall–Kier alpha value is -2.07. The van der Waals surface area contributed by atoms with E-state index in [0.29, 0.717) is 5.11 Å². The van der Waals surface area contributed by atoms with Crippen LogP contribution < -0.4 is 15.4 Å². The SMILES string of the molecule is COc1ccc(NC(=S)NC(C)CC(C)(C)c2ccccc2)cc1. The van der Waals surface area contributed by atoms with Crippen LogP contribution in [0.15, 0.2) is 54.6 Å². The normalized spacial score (nSPS) is 12.3. The van der Waals surface area contributed by atoms with Gasteiger partial charge < -0.3 is 15.4 Å². The van der Waals surface area contributed by atoms with Crippen LogP contribution in [0.4, 0.5) is 5.69 Å². The number of benzene rings is 2. The summed E-state index contributed by atoms with van der Waals surface area (Å²) in [6.45, 7) is 6.69. The molecule has 1 unspecified atom stereocenters. The highest BCUT2D eigenvalue weighted by Gasteiger charge is 2.23. The smallest absolute Gasteiger partial charge is 0.170 e. The van der Waals surface area contributed by atoms with Gasteiger partial charge in [0.1, 0.15) is 5.75 Å². The first-order valence-corrected chi connectivity index (χ1v) is 8.58. The number of thiocarbonyl (C=S) groups is 1. The second-order valence-corrected chi connectivity index (χ2v) is 7.09. The molecule has 0 radical (unpaired) electrons. The van der Waals surface area contributed by atoms with Crippen molar-refractivity contribution in [2.45, 2.75) is 38.6 Å². The largest absolute Gasteiger partial charge is 0.497 e. The molecule has 0 heterocycles. The lowest BCUT2D eigenvalue weighted by molar-refractivity contribution is 0.415. The maximum absolute atomic E-state index is 5.43. The average Bonchev–Trinajstić information content (AvgIpc) is 2.55. The van der Waals surface area contributed by atoms with Gasteiger partial charge in [-0.25, -0.2) is 0 Å². The van der Waals surface area contributed by atoms with E-state index in [1.807, 2.05) is 24.3 Å². The Bertz CT molecular complexity index is 653. The molecular formula is C20H26N2OS. The van der Waals surface area contributed by atoms with Crippen LogP contribution in [0.2, 0.25) is 0 Å². The topological polar surface area (TPSA) is 33.3 Å². The highest BCUT2D eigenvalue weighted by Crippen LogP contribution is 2.28. The van der Waals surface area contributed by atoms with Gasteiger partial charge in [-0.05, 0) is 60.8 Å². The molecule has 0 fully saturated rings. The van der Waals surface area contributed by atoms with Crippen molar-refractivity contribution in [2.24, 2.45) is 0 Å². The fourth-order valence-electron chi connectivity index (χ4n) is 2.89. The van der Waals surface area contributed by atoms with Crippen LogP contribution in [-0.4, -0.2) is 18.3 Å². The van der Waals surface area contributed by atoms with E-state index in [1.165, 1.54) is 5.56 Å². The monoisotopic (exact) mass is 342 g/mol. The maximum atomic E-state index is 5.43. The first kappa shape index (κ1) is 18.3. The third-order valence-corrected chi connectivity index (χ3v) is 4.32. The molecule has 0 spiro atoms. The minimum absolute atomic E-state index is 0.0867. The molecule has 0 saturated heterocycles. The minimum atomic E-state index is 0.0867. The van der Waals surface area contributed by atoms with Crippen molar-refractivity contribution in [3.8, 4) is 5.75 Å². The van der Waals surface area contributed by atoms with Crippen molar-refractivity contribution < 1.29 is 4.74 Å². The number of rotatable bonds is 6. The van der Waals surface area contributed by atoms with Crippen LogP contribution in [0.1, 0.15) is 32.8 Å². The van der Waals surface area contributed by atoms with E-state index >= 15 is 0 Å². The predicted octanol–water partition coefficient (Wildman–Crippen LogP) is 4.74. The van der Waals surface area contributed by atoms with Crippen LogP contribution in [0.5, 0.6) is 5.75 Å². The summed E-state index contributed by atoms with van der Waals surface area (Å²) in [6.07, 6.45) is 0.988. The van der Waals surface area contributed by atoms with Crippen molar-refractivity contribution in [2.75, 3.05) is 12.4 Å². The summed E-state index contributed by atoms with van der Waals surface area (Å²) in [5.74, 6) is 0.831. The molecule has 0 aliphatic heterocycles. The molecule has 0 aliphatic rings. The summed E-state index contributed by atoms with van der Waals surface area (Å²) < 4.78 is 5.16. The lowest BCUT2D eigenvalue weighted by Gasteiger charge is -2.29. The maximum Gasteiger partial charge on any atom is 0.170 e. The summed E-state index contributed by atoms with van der Waals surface area (Å²) in [5, 5.41) is 7.22. The van der Waals surface area contributed by atoms with E-state index in [1.54, 1.807) is 7.11 Å². The number of hydrogen-bond donors (Lipinski definition) is 2. The number of nitrogens with one attached hydrogen (secondary N) is 2. The zero-order chi connectivity index (χ0) is 17.6. The molecule has 2 aromatic carbocycles. The van der Waals surface area contributed by atoms with Gasteiger partial charge in [0.15, 0.2) is 5.11 Å². The van der Waals surface area contributed by atoms with Gasteiger partial charge in [0, 0.05) is 11.7 Å². The number of anilines is 1. The van der Waals surface area contributed by atoms with Crippen molar-refractivity contribution in [1.29, 1.82) is 0 Å². The van der Waals surface area contributed by atoms with Gasteiger partial charge >= 0.3 is 0 Å². The molecule has 2 rings (SSSR count). The van der Waals surface area contributed by atoms with Crippen LogP contribution >= 0.6 is 12.2 Å². The highest BCUT2D eigenvalue weighted by atomic mass is 32.1. The fourth-order valence-corrected chi connectivity index (χ4v) is 3.21. The molecule has 128 valence electrons. The first-order chi connectivity index (χ1) is 11.4. The summed E-state index contributed by atoms with van der Waals surface area (Å²) >= 11 is 5.43. The Balaban J connectivity index is 1.89. The summed E-state index contributed by atoms with van der Waals surface area (Å²) in [5.41, 5.74) is 2.37. The zero-order valence-electron chi connectivity index (χ0n) is 14.8. The van der Waals surface area contributed by atoms with Gasteiger partial charge in [-0.15, -0.1) is 0 Å². The summed E-state index contributed by atoms with van der Waals surface area (Å²) in [7, 11) is 1.66. The van der Waals surface area contributed by atoms with E-state index in [2.05, 4.69) is 61.7 Å². The third-order valence-electron chi connectivity index (χ3n) is 4.10. The molecule has 3 nitrogen and oxygen atoms in total.